The van der Waals surface area contributed by atoms with E-state index in [4.69, 9.17) is 9.47 Å². The first-order valence-corrected chi connectivity index (χ1v) is 16.6. The zero-order valence-electron chi connectivity index (χ0n) is 27.1. The molecule has 48 heavy (non-hydrogen) atoms. The molecule has 6 aromatic rings. The number of unbranched alkanes of at least 4 members (excludes halogenated alkanes) is 3. The van der Waals surface area contributed by atoms with Crippen molar-refractivity contribution in [2.45, 2.75) is 25.7 Å². The van der Waals surface area contributed by atoms with Crippen LogP contribution in [0.4, 0.5) is 11.4 Å². The second-order valence-electron chi connectivity index (χ2n) is 11.6. The molecule has 4 nitrogen and oxygen atoms in total. The number of hydrogen-bond donors (Lipinski definition) is 0. The quantitative estimate of drug-likeness (QED) is 0.0839. The van der Waals surface area contributed by atoms with Gasteiger partial charge in [0, 0.05) is 12.4 Å². The van der Waals surface area contributed by atoms with Gasteiger partial charge in [-0.15, -0.1) is 0 Å². The van der Waals surface area contributed by atoms with Crippen LogP contribution >= 0.6 is 0 Å². The van der Waals surface area contributed by atoms with Gasteiger partial charge in [-0.2, -0.15) is 0 Å². The summed E-state index contributed by atoms with van der Waals surface area (Å²) in [6.07, 6.45) is 8.03. The van der Waals surface area contributed by atoms with E-state index in [0.717, 1.165) is 59.7 Å². The predicted molar refractivity (Wildman–Crippen MR) is 201 cm³/mol. The highest BCUT2D eigenvalue weighted by molar-refractivity contribution is 5.84. The summed E-state index contributed by atoms with van der Waals surface area (Å²) in [5.41, 5.74) is 8.78. The molecule has 0 bridgehead atoms. The fraction of sp³-hybridized carbons (Fsp3) is 0.136. The maximum Gasteiger partial charge on any atom is 0.119 e. The molecule has 0 atom stereocenters. The highest BCUT2D eigenvalue weighted by atomic mass is 16.5. The summed E-state index contributed by atoms with van der Waals surface area (Å²) in [7, 11) is 0. The summed E-state index contributed by atoms with van der Waals surface area (Å²) < 4.78 is 11.9. The van der Waals surface area contributed by atoms with Crippen LogP contribution in [0.1, 0.15) is 36.8 Å². The number of aliphatic imine (C=N–C) groups is 2. The van der Waals surface area contributed by atoms with E-state index in [2.05, 4.69) is 107 Å². The summed E-state index contributed by atoms with van der Waals surface area (Å²) in [6, 6.07) is 53.6. The van der Waals surface area contributed by atoms with Gasteiger partial charge in [-0.25, -0.2) is 0 Å². The van der Waals surface area contributed by atoms with Crippen molar-refractivity contribution in [3.8, 4) is 33.8 Å². The van der Waals surface area contributed by atoms with Crippen LogP contribution in [-0.4, -0.2) is 25.6 Å². The Morgan fingerprint density at radius 3 is 1.08 bits per heavy atom. The Balaban J connectivity index is 0.831. The zero-order chi connectivity index (χ0) is 32.6. The van der Waals surface area contributed by atoms with E-state index >= 15 is 0 Å². The lowest BCUT2D eigenvalue weighted by Crippen LogP contribution is -1.99. The van der Waals surface area contributed by atoms with Gasteiger partial charge >= 0.3 is 0 Å². The van der Waals surface area contributed by atoms with Crippen molar-refractivity contribution in [2.75, 3.05) is 13.2 Å². The first-order chi connectivity index (χ1) is 23.8. The molecule has 0 saturated carbocycles. The normalized spacial score (nSPS) is 11.2. The lowest BCUT2D eigenvalue weighted by molar-refractivity contribution is 0.287. The van der Waals surface area contributed by atoms with E-state index in [-0.39, 0.29) is 0 Å². The molecule has 238 valence electrons. The standard InChI is InChI=1S/C44H40N2O2/c1(9-31-47-43-27-23-41(24-28-43)45-33-35-15-19-39(20-16-35)37-11-5-3-6-12-37)2-10-32-48-44-29-25-42(26-30-44)46-34-36-17-21-40(22-18-36)38-13-7-4-8-14-38/h3-8,11-30,33-34H,1-2,9-10,31-32H2. The smallest absolute Gasteiger partial charge is 0.119 e. The van der Waals surface area contributed by atoms with Gasteiger partial charge in [0.15, 0.2) is 0 Å². The van der Waals surface area contributed by atoms with E-state index < -0.39 is 0 Å². The Kier molecular flexibility index (Phi) is 11.6. The minimum absolute atomic E-state index is 0.705. The summed E-state index contributed by atoms with van der Waals surface area (Å²) in [4.78, 5) is 9.23. The van der Waals surface area contributed by atoms with Gasteiger partial charge in [0.1, 0.15) is 11.5 Å². The Hall–Kier alpha value is -5.74. The summed E-state index contributed by atoms with van der Waals surface area (Å²) in [5.74, 6) is 1.75. The monoisotopic (exact) mass is 628 g/mol. The summed E-state index contributed by atoms with van der Waals surface area (Å²) >= 11 is 0. The molecule has 0 aliphatic carbocycles. The molecule has 0 spiro atoms. The van der Waals surface area contributed by atoms with Crippen molar-refractivity contribution >= 4 is 23.8 Å². The molecule has 0 unspecified atom stereocenters. The SMILES string of the molecule is C(=Nc1ccc(OCCCCCCOc2ccc(N=Cc3ccc(-c4ccccc4)cc3)cc2)cc1)c1ccc(-c2ccccc2)cc1. The van der Waals surface area contributed by atoms with E-state index in [1.807, 2.05) is 73.1 Å². The molecule has 0 aliphatic heterocycles. The molecular formula is C44H40N2O2. The average molecular weight is 629 g/mol. The van der Waals surface area contributed by atoms with Crippen LogP contribution < -0.4 is 9.47 Å². The third-order valence-corrected chi connectivity index (χ3v) is 8.01. The second-order valence-corrected chi connectivity index (χ2v) is 11.6. The van der Waals surface area contributed by atoms with Gasteiger partial charge < -0.3 is 9.47 Å². The van der Waals surface area contributed by atoms with Gasteiger partial charge in [0.25, 0.3) is 0 Å². The lowest BCUT2D eigenvalue weighted by atomic mass is 10.0. The largest absolute Gasteiger partial charge is 0.494 e. The van der Waals surface area contributed by atoms with Crippen molar-refractivity contribution in [2.24, 2.45) is 9.98 Å². The highest BCUT2D eigenvalue weighted by Crippen LogP contribution is 2.23. The highest BCUT2D eigenvalue weighted by Gasteiger charge is 2.00. The van der Waals surface area contributed by atoms with E-state index in [9.17, 15) is 0 Å². The van der Waals surface area contributed by atoms with Crippen molar-refractivity contribution in [1.82, 2.24) is 0 Å². The lowest BCUT2D eigenvalue weighted by Gasteiger charge is -2.08. The van der Waals surface area contributed by atoms with Gasteiger partial charge in [0.2, 0.25) is 0 Å². The third-order valence-electron chi connectivity index (χ3n) is 8.01. The van der Waals surface area contributed by atoms with Crippen LogP contribution in [0.3, 0.4) is 0 Å². The Bertz CT molecular complexity index is 1720. The molecule has 0 heterocycles. The average Bonchev–Trinajstić information content (AvgIpc) is 3.16. The number of hydrogen-bond acceptors (Lipinski definition) is 4. The molecule has 0 radical (unpaired) electrons. The number of rotatable bonds is 15. The molecule has 0 amide bonds. The second kappa shape index (κ2) is 17.3. The van der Waals surface area contributed by atoms with E-state index in [1.54, 1.807) is 0 Å². The van der Waals surface area contributed by atoms with Gasteiger partial charge in [0.05, 0.1) is 24.6 Å². The molecule has 0 aliphatic rings. The molecular weight excluding hydrogens is 588 g/mol. The first kappa shape index (κ1) is 32.2. The fourth-order valence-corrected chi connectivity index (χ4v) is 5.28. The summed E-state index contributed by atoms with van der Waals surface area (Å²) in [6.45, 7) is 1.41. The topological polar surface area (TPSA) is 43.2 Å². The zero-order valence-corrected chi connectivity index (χ0v) is 27.1. The minimum atomic E-state index is 0.705. The van der Waals surface area contributed by atoms with E-state index in [1.165, 1.54) is 22.3 Å². The van der Waals surface area contributed by atoms with Gasteiger partial charge in [-0.1, -0.05) is 109 Å². The maximum absolute atomic E-state index is 5.94. The minimum Gasteiger partial charge on any atom is -0.494 e. The van der Waals surface area contributed by atoms with Crippen molar-refractivity contribution in [3.05, 3.63) is 169 Å². The van der Waals surface area contributed by atoms with Gasteiger partial charge in [-0.3, -0.25) is 9.98 Å². The van der Waals surface area contributed by atoms with E-state index in [0.29, 0.717) is 13.2 Å². The van der Waals surface area contributed by atoms with Crippen LogP contribution in [0.2, 0.25) is 0 Å². The Morgan fingerprint density at radius 1 is 0.354 bits per heavy atom. The molecule has 6 rings (SSSR count). The maximum atomic E-state index is 5.94. The number of ether oxygens (including phenoxy) is 2. The van der Waals surface area contributed by atoms with Crippen molar-refractivity contribution in [1.29, 1.82) is 0 Å². The Morgan fingerprint density at radius 2 is 0.708 bits per heavy atom. The van der Waals surface area contributed by atoms with Crippen LogP contribution in [0.15, 0.2) is 168 Å². The summed E-state index contributed by atoms with van der Waals surface area (Å²) in [5, 5.41) is 0. The molecule has 0 N–H and O–H groups in total. The Labute approximate surface area is 284 Å². The van der Waals surface area contributed by atoms with Crippen LogP contribution in [0.5, 0.6) is 11.5 Å². The number of nitrogens with zero attached hydrogens (tertiary/aromatic N) is 2. The predicted octanol–water partition coefficient (Wildman–Crippen LogP) is 11.5. The third kappa shape index (κ3) is 9.88. The van der Waals surface area contributed by atoms with Crippen molar-refractivity contribution in [3.63, 3.8) is 0 Å². The molecule has 6 aromatic carbocycles. The molecule has 0 aromatic heterocycles. The molecule has 0 fully saturated rings. The van der Waals surface area contributed by atoms with Crippen molar-refractivity contribution < 1.29 is 9.47 Å². The van der Waals surface area contributed by atoms with Crippen LogP contribution in [0, 0.1) is 0 Å². The van der Waals surface area contributed by atoms with Crippen LogP contribution in [0.25, 0.3) is 22.3 Å². The molecule has 0 saturated heterocycles. The molecule has 4 heteroatoms. The first-order valence-electron chi connectivity index (χ1n) is 16.6. The fourth-order valence-electron chi connectivity index (χ4n) is 5.28. The number of benzene rings is 6. The van der Waals surface area contributed by atoms with Crippen LogP contribution in [-0.2, 0) is 0 Å². The van der Waals surface area contributed by atoms with Gasteiger partial charge in [-0.05, 0) is 108 Å².